The van der Waals surface area contributed by atoms with Gasteiger partial charge in [-0.15, -0.1) is 0 Å². The van der Waals surface area contributed by atoms with E-state index in [0.29, 0.717) is 11.5 Å². The molecule has 0 saturated heterocycles. The van der Waals surface area contributed by atoms with Crippen LogP contribution in [0.15, 0.2) is 70.1 Å². The molecule has 0 aliphatic rings. The monoisotopic (exact) mass is 386 g/mol. The van der Waals surface area contributed by atoms with Gasteiger partial charge in [0, 0.05) is 25.7 Å². The minimum atomic E-state index is -3.54. The second kappa shape index (κ2) is 7.73. The lowest BCUT2D eigenvalue weighted by Gasteiger charge is -2.11. The van der Waals surface area contributed by atoms with Gasteiger partial charge in [-0.05, 0) is 24.3 Å². The summed E-state index contributed by atoms with van der Waals surface area (Å²) < 4.78 is 35.6. The number of ether oxygens (including phenoxy) is 1. The number of aromatic nitrogens is 1. The van der Waals surface area contributed by atoms with Gasteiger partial charge in [-0.1, -0.05) is 35.5 Å². The zero-order valence-corrected chi connectivity index (χ0v) is 15.6. The molecule has 8 heteroatoms. The number of hydrogen-bond donors (Lipinski definition) is 0. The first-order chi connectivity index (χ1) is 12.9. The topological polar surface area (TPSA) is 89.7 Å². The van der Waals surface area contributed by atoms with Crippen molar-refractivity contribution < 1.29 is 22.5 Å². The van der Waals surface area contributed by atoms with Crippen molar-refractivity contribution in [1.29, 1.82) is 0 Å². The molecular weight excluding hydrogens is 368 g/mol. The third kappa shape index (κ3) is 4.24. The lowest BCUT2D eigenvalue weighted by atomic mass is 10.2. The number of benzene rings is 2. The highest BCUT2D eigenvalue weighted by Crippen LogP contribution is 2.20. The summed E-state index contributed by atoms with van der Waals surface area (Å²) in [5.41, 5.74) is 1.61. The molecule has 0 fully saturated rings. The molecule has 0 bridgehead atoms. The minimum Gasteiger partial charge on any atom is -0.455 e. The van der Waals surface area contributed by atoms with Crippen LogP contribution in [0.3, 0.4) is 0 Å². The fraction of sp³-hybridized carbons (Fsp3) is 0.158. The third-order valence-corrected chi connectivity index (χ3v) is 5.67. The quantitative estimate of drug-likeness (QED) is 0.605. The predicted molar refractivity (Wildman–Crippen MR) is 98.4 cm³/mol. The maximum Gasteiger partial charge on any atom is 0.338 e. The van der Waals surface area contributed by atoms with Gasteiger partial charge in [-0.2, -0.15) is 0 Å². The maximum absolute atomic E-state index is 12.1. The molecule has 0 spiro atoms. The summed E-state index contributed by atoms with van der Waals surface area (Å²) in [5, 5.41) is 3.89. The van der Waals surface area contributed by atoms with Crippen molar-refractivity contribution in [3.8, 4) is 11.3 Å². The molecule has 1 aromatic heterocycles. The van der Waals surface area contributed by atoms with E-state index in [1.54, 1.807) is 6.07 Å². The van der Waals surface area contributed by atoms with E-state index in [1.807, 2.05) is 30.3 Å². The number of sulfonamides is 1. The van der Waals surface area contributed by atoms with E-state index in [9.17, 15) is 13.2 Å². The molecule has 0 radical (unpaired) electrons. The first-order valence-corrected chi connectivity index (χ1v) is 9.52. The Morgan fingerprint density at radius 2 is 1.74 bits per heavy atom. The fourth-order valence-corrected chi connectivity index (χ4v) is 3.22. The van der Waals surface area contributed by atoms with Gasteiger partial charge in [0.05, 0.1) is 10.5 Å². The number of hydrogen-bond acceptors (Lipinski definition) is 6. The van der Waals surface area contributed by atoms with Crippen LogP contribution in [0.1, 0.15) is 16.1 Å². The molecule has 2 aromatic carbocycles. The third-order valence-electron chi connectivity index (χ3n) is 3.84. The van der Waals surface area contributed by atoms with Crippen LogP contribution >= 0.6 is 0 Å². The Hall–Kier alpha value is -2.97. The van der Waals surface area contributed by atoms with Gasteiger partial charge in [-0.25, -0.2) is 17.5 Å². The van der Waals surface area contributed by atoms with Gasteiger partial charge < -0.3 is 9.26 Å². The summed E-state index contributed by atoms with van der Waals surface area (Å²) in [5.74, 6) is 0.00737. The number of carbonyl (C=O) groups excluding carboxylic acids is 1. The normalized spacial score (nSPS) is 11.5. The molecule has 0 atom stereocenters. The molecule has 1 heterocycles. The van der Waals surface area contributed by atoms with Gasteiger partial charge in [-0.3, -0.25) is 0 Å². The van der Waals surface area contributed by atoms with Crippen LogP contribution in [-0.2, 0) is 21.4 Å². The number of carbonyl (C=O) groups is 1. The van der Waals surface area contributed by atoms with Crippen molar-refractivity contribution in [2.45, 2.75) is 11.5 Å². The van der Waals surface area contributed by atoms with E-state index < -0.39 is 16.0 Å². The lowest BCUT2D eigenvalue weighted by molar-refractivity contribution is 0.0464. The van der Waals surface area contributed by atoms with Crippen molar-refractivity contribution in [3.63, 3.8) is 0 Å². The molecule has 3 aromatic rings. The van der Waals surface area contributed by atoms with Crippen molar-refractivity contribution >= 4 is 16.0 Å². The molecule has 0 aliphatic heterocycles. The molecule has 7 nitrogen and oxygen atoms in total. The molecule has 0 unspecified atom stereocenters. The summed E-state index contributed by atoms with van der Waals surface area (Å²) in [4.78, 5) is 12.3. The number of rotatable bonds is 6. The van der Waals surface area contributed by atoms with E-state index in [4.69, 9.17) is 9.26 Å². The number of nitrogens with zero attached hydrogens (tertiary/aromatic N) is 2. The molecule has 3 rings (SSSR count). The highest BCUT2D eigenvalue weighted by atomic mass is 32.2. The zero-order chi connectivity index (χ0) is 19.4. The van der Waals surface area contributed by atoms with Gasteiger partial charge >= 0.3 is 5.97 Å². The predicted octanol–water partition coefficient (Wildman–Crippen LogP) is 2.95. The second-order valence-corrected chi connectivity index (χ2v) is 8.09. The molecular formula is C19H18N2O5S. The van der Waals surface area contributed by atoms with Gasteiger partial charge in [0.15, 0.2) is 5.76 Å². The van der Waals surface area contributed by atoms with E-state index in [1.165, 1.54) is 38.4 Å². The van der Waals surface area contributed by atoms with Crippen molar-refractivity contribution in [2.75, 3.05) is 14.1 Å². The number of esters is 1. The highest BCUT2D eigenvalue weighted by molar-refractivity contribution is 7.89. The zero-order valence-electron chi connectivity index (χ0n) is 14.8. The Morgan fingerprint density at radius 1 is 1.07 bits per heavy atom. The summed E-state index contributed by atoms with van der Waals surface area (Å²) in [7, 11) is -0.652. The first kappa shape index (κ1) is 18.8. The Labute approximate surface area is 157 Å². The Kier molecular flexibility index (Phi) is 5.38. The van der Waals surface area contributed by atoms with Crippen LogP contribution in [0.4, 0.5) is 0 Å². The van der Waals surface area contributed by atoms with Gasteiger partial charge in [0.2, 0.25) is 10.0 Å². The Morgan fingerprint density at radius 3 is 2.37 bits per heavy atom. The SMILES string of the molecule is CN(C)S(=O)(=O)c1ccc(C(=O)OCc2cc(-c3ccccc3)on2)cc1. The fourth-order valence-electron chi connectivity index (χ4n) is 2.31. The molecule has 140 valence electrons. The van der Waals surface area contributed by atoms with Gasteiger partial charge in [0.1, 0.15) is 12.3 Å². The first-order valence-electron chi connectivity index (χ1n) is 8.08. The smallest absolute Gasteiger partial charge is 0.338 e. The molecule has 0 saturated carbocycles. The summed E-state index contributed by atoms with van der Waals surface area (Å²) in [6.07, 6.45) is 0. The van der Waals surface area contributed by atoms with Crippen LogP contribution in [-0.4, -0.2) is 37.9 Å². The Bertz CT molecular complexity index is 1030. The Balaban J connectivity index is 1.64. The average molecular weight is 386 g/mol. The van der Waals surface area contributed by atoms with E-state index >= 15 is 0 Å². The van der Waals surface area contributed by atoms with Crippen LogP contribution in [0.2, 0.25) is 0 Å². The van der Waals surface area contributed by atoms with Crippen molar-refractivity contribution in [1.82, 2.24) is 9.46 Å². The minimum absolute atomic E-state index is 0.0487. The lowest BCUT2D eigenvalue weighted by Crippen LogP contribution is -2.22. The molecule has 0 aliphatic carbocycles. The van der Waals surface area contributed by atoms with Crippen LogP contribution in [0.25, 0.3) is 11.3 Å². The average Bonchev–Trinajstić information content (AvgIpc) is 3.16. The van der Waals surface area contributed by atoms with Crippen LogP contribution < -0.4 is 0 Å². The largest absolute Gasteiger partial charge is 0.455 e. The van der Waals surface area contributed by atoms with Crippen molar-refractivity contribution in [2.24, 2.45) is 0 Å². The summed E-state index contributed by atoms with van der Waals surface area (Å²) in [6.45, 7) is -0.0487. The van der Waals surface area contributed by atoms with E-state index in [-0.39, 0.29) is 17.1 Å². The van der Waals surface area contributed by atoms with Crippen molar-refractivity contribution in [3.05, 3.63) is 71.9 Å². The maximum atomic E-state index is 12.1. The standard InChI is InChI=1S/C19H18N2O5S/c1-21(2)27(23,24)17-10-8-15(9-11-17)19(22)25-13-16-12-18(26-20-16)14-6-4-3-5-7-14/h3-12H,13H2,1-2H3. The molecule has 0 amide bonds. The molecule has 0 N–H and O–H groups in total. The summed E-state index contributed by atoms with van der Waals surface area (Å²) in [6, 6.07) is 16.7. The molecule has 27 heavy (non-hydrogen) atoms. The van der Waals surface area contributed by atoms with Gasteiger partial charge in [0.25, 0.3) is 0 Å². The van der Waals surface area contributed by atoms with E-state index in [0.717, 1.165) is 9.87 Å². The van der Waals surface area contributed by atoms with E-state index in [2.05, 4.69) is 5.16 Å². The summed E-state index contributed by atoms with van der Waals surface area (Å²) >= 11 is 0. The van der Waals surface area contributed by atoms with Crippen LogP contribution in [0, 0.1) is 0 Å². The highest BCUT2D eigenvalue weighted by Gasteiger charge is 2.18. The second-order valence-electron chi connectivity index (χ2n) is 5.94. The van der Waals surface area contributed by atoms with Crippen LogP contribution in [0.5, 0.6) is 0 Å².